The lowest BCUT2D eigenvalue weighted by Gasteiger charge is -2.39. The van der Waals surface area contributed by atoms with Gasteiger partial charge in [0.1, 0.15) is 5.82 Å². The molecule has 0 unspecified atom stereocenters. The van der Waals surface area contributed by atoms with Gasteiger partial charge in [0, 0.05) is 17.7 Å². The van der Waals surface area contributed by atoms with Crippen LogP contribution >= 0.6 is 0 Å². The molecule has 2 heterocycles. The van der Waals surface area contributed by atoms with Crippen molar-refractivity contribution in [1.29, 1.82) is 0 Å². The molecule has 0 saturated heterocycles. The molecule has 0 saturated carbocycles. The third kappa shape index (κ3) is 2.06. The van der Waals surface area contributed by atoms with E-state index < -0.39 is 0 Å². The quantitative estimate of drug-likeness (QED) is 0.689. The van der Waals surface area contributed by atoms with E-state index in [0.29, 0.717) is 6.42 Å². The molecule has 0 N–H and O–H groups in total. The minimum absolute atomic E-state index is 0.183. The molecular formula is C14H20N2O. The van der Waals surface area contributed by atoms with E-state index in [-0.39, 0.29) is 11.4 Å². The van der Waals surface area contributed by atoms with Crippen molar-refractivity contribution < 1.29 is 4.79 Å². The largest absolute Gasteiger partial charge is 0.291 e. The molecule has 1 aliphatic heterocycles. The molecule has 0 atom stereocenters. The normalized spacial score (nSPS) is 16.1. The van der Waals surface area contributed by atoms with Gasteiger partial charge < -0.3 is 0 Å². The van der Waals surface area contributed by atoms with Crippen LogP contribution in [0.2, 0.25) is 0 Å². The molecule has 92 valence electrons. The molecule has 2 rings (SSSR count). The molecule has 0 aliphatic carbocycles. The first-order valence-electron chi connectivity index (χ1n) is 6.11. The molecule has 0 spiro atoms. The fourth-order valence-corrected chi connectivity index (χ4v) is 2.49. The maximum absolute atomic E-state index is 12.1. The average Bonchev–Trinajstić information content (AvgIpc) is 2.13. The van der Waals surface area contributed by atoms with Gasteiger partial charge in [-0.25, -0.2) is 4.98 Å². The van der Waals surface area contributed by atoms with Crippen LogP contribution in [-0.2, 0) is 11.2 Å². The highest BCUT2D eigenvalue weighted by Gasteiger charge is 2.34. The summed E-state index contributed by atoms with van der Waals surface area (Å²) in [5.74, 6) is 1.05. The second-order valence-electron chi connectivity index (χ2n) is 5.78. The first-order chi connectivity index (χ1) is 7.80. The minimum atomic E-state index is -0.209. The molecule has 0 bridgehead atoms. The van der Waals surface area contributed by atoms with Gasteiger partial charge in [0.2, 0.25) is 5.91 Å². The molecule has 1 amide bonds. The van der Waals surface area contributed by atoms with Crippen LogP contribution in [0.5, 0.6) is 0 Å². The third-order valence-corrected chi connectivity index (χ3v) is 3.17. The molecule has 0 radical (unpaired) electrons. The van der Waals surface area contributed by atoms with E-state index in [1.165, 1.54) is 11.1 Å². The van der Waals surface area contributed by atoms with Crippen LogP contribution in [0.15, 0.2) is 6.07 Å². The Hall–Kier alpha value is -1.38. The zero-order chi connectivity index (χ0) is 12.8. The standard InChI is InChI=1S/C14H20N2O/c1-9-8-10(2)15-13-11(9)6-7-12(17)16(13)14(3,4)5/h8H,6-7H2,1-5H3. The summed E-state index contributed by atoms with van der Waals surface area (Å²) in [6, 6.07) is 2.09. The van der Waals surface area contributed by atoms with Gasteiger partial charge in [-0.3, -0.25) is 9.69 Å². The van der Waals surface area contributed by atoms with E-state index in [2.05, 4.69) is 38.7 Å². The molecule has 0 fully saturated rings. The Kier molecular flexibility index (Phi) is 2.72. The van der Waals surface area contributed by atoms with Gasteiger partial charge >= 0.3 is 0 Å². The molecule has 0 aromatic carbocycles. The number of nitrogens with zero attached hydrogens (tertiary/aromatic N) is 2. The number of carbonyl (C=O) groups excluding carboxylic acids is 1. The lowest BCUT2D eigenvalue weighted by molar-refractivity contribution is -0.119. The van der Waals surface area contributed by atoms with E-state index >= 15 is 0 Å². The Morgan fingerprint density at radius 1 is 1.24 bits per heavy atom. The van der Waals surface area contributed by atoms with E-state index in [0.717, 1.165) is 17.9 Å². The molecule has 17 heavy (non-hydrogen) atoms. The van der Waals surface area contributed by atoms with E-state index in [1.807, 2.05) is 11.8 Å². The van der Waals surface area contributed by atoms with Gasteiger partial charge in [-0.15, -0.1) is 0 Å². The lowest BCUT2D eigenvalue weighted by Crippen LogP contribution is -2.49. The Morgan fingerprint density at radius 2 is 1.88 bits per heavy atom. The van der Waals surface area contributed by atoms with Crippen LogP contribution in [0.3, 0.4) is 0 Å². The minimum Gasteiger partial charge on any atom is -0.291 e. The van der Waals surface area contributed by atoms with Crippen LogP contribution in [0.1, 0.15) is 44.0 Å². The zero-order valence-electron chi connectivity index (χ0n) is 11.3. The van der Waals surface area contributed by atoms with Crippen molar-refractivity contribution in [2.75, 3.05) is 4.90 Å². The van der Waals surface area contributed by atoms with Crippen LogP contribution in [0, 0.1) is 13.8 Å². The lowest BCUT2D eigenvalue weighted by atomic mass is 9.95. The first kappa shape index (κ1) is 12.1. The van der Waals surface area contributed by atoms with Gasteiger partial charge in [0.25, 0.3) is 0 Å². The van der Waals surface area contributed by atoms with Gasteiger partial charge in [-0.05, 0) is 58.2 Å². The molecule has 1 aliphatic rings. The van der Waals surface area contributed by atoms with Crippen LogP contribution in [0.4, 0.5) is 5.82 Å². The average molecular weight is 232 g/mol. The predicted molar refractivity (Wildman–Crippen MR) is 69.3 cm³/mol. The number of aromatic nitrogens is 1. The highest BCUT2D eigenvalue weighted by molar-refractivity contribution is 5.96. The van der Waals surface area contributed by atoms with Gasteiger partial charge in [0.05, 0.1) is 0 Å². The number of rotatable bonds is 0. The fourth-order valence-electron chi connectivity index (χ4n) is 2.49. The Labute approximate surface area is 103 Å². The number of hydrogen-bond donors (Lipinski definition) is 0. The van der Waals surface area contributed by atoms with Crippen molar-refractivity contribution in [1.82, 2.24) is 4.98 Å². The highest BCUT2D eigenvalue weighted by Crippen LogP contribution is 2.33. The fraction of sp³-hybridized carbons (Fsp3) is 0.571. The summed E-state index contributed by atoms with van der Waals surface area (Å²) in [7, 11) is 0. The number of anilines is 1. The number of aryl methyl sites for hydroxylation is 2. The smallest absolute Gasteiger partial charge is 0.228 e. The van der Waals surface area contributed by atoms with E-state index in [9.17, 15) is 4.79 Å². The Balaban J connectivity index is 2.63. The van der Waals surface area contributed by atoms with Crippen molar-refractivity contribution >= 4 is 11.7 Å². The molecule has 1 aromatic rings. The van der Waals surface area contributed by atoms with Gasteiger partial charge in [0.15, 0.2) is 0 Å². The van der Waals surface area contributed by atoms with Crippen LogP contribution in [-0.4, -0.2) is 16.4 Å². The maximum atomic E-state index is 12.1. The first-order valence-corrected chi connectivity index (χ1v) is 6.11. The third-order valence-electron chi connectivity index (χ3n) is 3.17. The summed E-state index contributed by atoms with van der Waals surface area (Å²) in [6.45, 7) is 10.2. The number of fused-ring (bicyclic) bond motifs is 1. The highest BCUT2D eigenvalue weighted by atomic mass is 16.2. The number of carbonyl (C=O) groups is 1. The van der Waals surface area contributed by atoms with Crippen molar-refractivity contribution in [3.8, 4) is 0 Å². The Morgan fingerprint density at radius 3 is 2.47 bits per heavy atom. The van der Waals surface area contributed by atoms with E-state index in [1.54, 1.807) is 0 Å². The van der Waals surface area contributed by atoms with Crippen LogP contribution in [0.25, 0.3) is 0 Å². The topological polar surface area (TPSA) is 33.2 Å². The molecule has 1 aromatic heterocycles. The van der Waals surface area contributed by atoms with Crippen LogP contribution < -0.4 is 4.90 Å². The second-order valence-corrected chi connectivity index (χ2v) is 5.78. The number of amides is 1. The summed E-state index contributed by atoms with van der Waals surface area (Å²) in [5.41, 5.74) is 3.24. The number of hydrogen-bond acceptors (Lipinski definition) is 2. The van der Waals surface area contributed by atoms with Crippen molar-refractivity contribution in [3.05, 3.63) is 22.9 Å². The summed E-state index contributed by atoms with van der Waals surface area (Å²) >= 11 is 0. The molecular weight excluding hydrogens is 212 g/mol. The monoisotopic (exact) mass is 232 g/mol. The van der Waals surface area contributed by atoms with E-state index in [4.69, 9.17) is 0 Å². The summed E-state index contributed by atoms with van der Waals surface area (Å²) in [6.07, 6.45) is 1.41. The van der Waals surface area contributed by atoms with Gasteiger partial charge in [-0.1, -0.05) is 0 Å². The summed E-state index contributed by atoms with van der Waals surface area (Å²) in [5, 5.41) is 0. The van der Waals surface area contributed by atoms with Crippen molar-refractivity contribution in [2.24, 2.45) is 0 Å². The maximum Gasteiger partial charge on any atom is 0.228 e. The second kappa shape index (κ2) is 3.83. The predicted octanol–water partition coefficient (Wildman–Crippen LogP) is 2.78. The van der Waals surface area contributed by atoms with Crippen molar-refractivity contribution in [3.63, 3.8) is 0 Å². The van der Waals surface area contributed by atoms with Crippen molar-refractivity contribution in [2.45, 2.75) is 53.0 Å². The molecule has 3 heteroatoms. The Bertz CT molecular complexity index is 472. The summed E-state index contributed by atoms with van der Waals surface area (Å²) < 4.78 is 0. The molecule has 3 nitrogen and oxygen atoms in total. The summed E-state index contributed by atoms with van der Waals surface area (Å²) in [4.78, 5) is 18.5. The van der Waals surface area contributed by atoms with Gasteiger partial charge in [-0.2, -0.15) is 0 Å². The SMILES string of the molecule is Cc1cc(C)c2c(n1)N(C(C)(C)C)C(=O)CC2. The zero-order valence-corrected chi connectivity index (χ0v) is 11.3. The number of pyridine rings is 1.